The molecular formula is C12H14N4O2. The van der Waals surface area contributed by atoms with Crippen molar-refractivity contribution in [2.45, 2.75) is 13.3 Å². The molecule has 1 aromatic heterocycles. The van der Waals surface area contributed by atoms with Crippen LogP contribution in [0.5, 0.6) is 0 Å². The van der Waals surface area contributed by atoms with Gasteiger partial charge >= 0.3 is 0 Å². The highest BCUT2D eigenvalue weighted by Crippen LogP contribution is 2.27. The molecule has 0 atom stereocenters. The maximum Gasteiger partial charge on any atom is 0.295 e. The molecule has 1 heterocycles. The molecule has 0 aliphatic carbocycles. The van der Waals surface area contributed by atoms with Crippen LogP contribution in [0.3, 0.4) is 0 Å². The Morgan fingerprint density at radius 2 is 2.33 bits per heavy atom. The number of nitrogens with zero attached hydrogens (tertiary/aromatic N) is 2. The van der Waals surface area contributed by atoms with Crippen LogP contribution in [0.2, 0.25) is 0 Å². The number of aryl methyl sites for hydroxylation is 1. The summed E-state index contributed by atoms with van der Waals surface area (Å²) in [5.74, 6) is 0. The zero-order valence-corrected chi connectivity index (χ0v) is 10.0. The Hall–Kier alpha value is -2.37. The van der Waals surface area contributed by atoms with Gasteiger partial charge in [0.1, 0.15) is 5.69 Å². The van der Waals surface area contributed by atoms with Gasteiger partial charge in [-0.05, 0) is 13.0 Å². The van der Waals surface area contributed by atoms with Gasteiger partial charge in [0.25, 0.3) is 5.69 Å². The summed E-state index contributed by atoms with van der Waals surface area (Å²) >= 11 is 0. The summed E-state index contributed by atoms with van der Waals surface area (Å²) in [6.45, 7) is 2.35. The molecule has 0 amide bonds. The van der Waals surface area contributed by atoms with Crippen LogP contribution < -0.4 is 5.32 Å². The minimum atomic E-state index is -0.353. The topological polar surface area (TPSA) is 83.8 Å². The molecule has 0 bridgehead atoms. The molecule has 6 nitrogen and oxygen atoms in total. The third-order valence-corrected chi connectivity index (χ3v) is 2.68. The van der Waals surface area contributed by atoms with Gasteiger partial charge in [0.2, 0.25) is 0 Å². The van der Waals surface area contributed by atoms with Gasteiger partial charge in [-0.15, -0.1) is 0 Å². The van der Waals surface area contributed by atoms with E-state index in [1.54, 1.807) is 37.6 Å². The fourth-order valence-electron chi connectivity index (χ4n) is 1.80. The number of rotatable bonds is 5. The first kappa shape index (κ1) is 12.1. The van der Waals surface area contributed by atoms with E-state index in [1.165, 1.54) is 0 Å². The van der Waals surface area contributed by atoms with E-state index in [1.807, 2.05) is 0 Å². The van der Waals surface area contributed by atoms with E-state index in [0.717, 1.165) is 12.1 Å². The Balaban J connectivity index is 2.05. The second-order valence-electron chi connectivity index (χ2n) is 3.98. The van der Waals surface area contributed by atoms with Crippen molar-refractivity contribution >= 4 is 11.4 Å². The van der Waals surface area contributed by atoms with E-state index < -0.39 is 0 Å². The van der Waals surface area contributed by atoms with Crippen LogP contribution in [0.25, 0.3) is 0 Å². The van der Waals surface area contributed by atoms with E-state index in [4.69, 9.17) is 0 Å². The highest BCUT2D eigenvalue weighted by molar-refractivity contribution is 5.64. The predicted molar refractivity (Wildman–Crippen MR) is 68.6 cm³/mol. The Labute approximate surface area is 104 Å². The second-order valence-corrected chi connectivity index (χ2v) is 3.98. The van der Waals surface area contributed by atoms with Crippen molar-refractivity contribution < 1.29 is 4.92 Å². The van der Waals surface area contributed by atoms with Gasteiger partial charge < -0.3 is 10.3 Å². The summed E-state index contributed by atoms with van der Waals surface area (Å²) in [6.07, 6.45) is 4.10. The second kappa shape index (κ2) is 5.31. The van der Waals surface area contributed by atoms with E-state index in [9.17, 15) is 10.1 Å². The fraction of sp³-hybridized carbons (Fsp3) is 0.250. The minimum Gasteiger partial charge on any atom is -0.379 e. The maximum atomic E-state index is 11.0. The van der Waals surface area contributed by atoms with Crippen molar-refractivity contribution in [1.29, 1.82) is 0 Å². The average molecular weight is 246 g/mol. The number of hydrogen-bond acceptors (Lipinski definition) is 4. The summed E-state index contributed by atoms with van der Waals surface area (Å²) in [5.41, 5.74) is 2.35. The van der Waals surface area contributed by atoms with Crippen LogP contribution in [0.1, 0.15) is 11.3 Å². The van der Waals surface area contributed by atoms with Crippen LogP contribution in [-0.2, 0) is 6.42 Å². The first-order chi connectivity index (χ1) is 8.68. The average Bonchev–Trinajstić information content (AvgIpc) is 2.81. The lowest BCUT2D eigenvalue weighted by Crippen LogP contribution is -2.07. The van der Waals surface area contributed by atoms with Gasteiger partial charge in [-0.1, -0.05) is 12.1 Å². The number of nitro benzene ring substituents is 1. The molecule has 0 aliphatic rings. The van der Waals surface area contributed by atoms with Gasteiger partial charge in [0.15, 0.2) is 0 Å². The number of aromatic nitrogens is 2. The molecule has 0 unspecified atom stereocenters. The van der Waals surface area contributed by atoms with Crippen molar-refractivity contribution in [1.82, 2.24) is 9.97 Å². The van der Waals surface area contributed by atoms with Crippen molar-refractivity contribution in [2.75, 3.05) is 11.9 Å². The molecule has 0 saturated heterocycles. The molecule has 0 spiro atoms. The molecule has 2 N–H and O–H groups in total. The number of aromatic amines is 1. The van der Waals surface area contributed by atoms with Crippen LogP contribution in [0.4, 0.5) is 11.4 Å². The van der Waals surface area contributed by atoms with Gasteiger partial charge in [0, 0.05) is 30.4 Å². The first-order valence-corrected chi connectivity index (χ1v) is 5.63. The monoisotopic (exact) mass is 246 g/mol. The highest BCUT2D eigenvalue weighted by atomic mass is 16.6. The van der Waals surface area contributed by atoms with E-state index >= 15 is 0 Å². The molecule has 0 fully saturated rings. The SMILES string of the molecule is Cc1cccc(NCCc2cnc[nH]2)c1[N+](=O)[O-]. The lowest BCUT2D eigenvalue weighted by molar-refractivity contribution is -0.384. The first-order valence-electron chi connectivity index (χ1n) is 5.63. The van der Waals surface area contributed by atoms with Crippen molar-refractivity contribution in [3.63, 3.8) is 0 Å². The number of anilines is 1. The number of hydrogen-bond donors (Lipinski definition) is 2. The van der Waals surface area contributed by atoms with Crippen molar-refractivity contribution in [3.05, 3.63) is 52.1 Å². The molecule has 6 heteroatoms. The van der Waals surface area contributed by atoms with Gasteiger partial charge in [-0.25, -0.2) is 4.98 Å². The Morgan fingerprint density at radius 1 is 1.50 bits per heavy atom. The molecule has 1 aromatic carbocycles. The highest BCUT2D eigenvalue weighted by Gasteiger charge is 2.15. The number of imidazole rings is 1. The molecular weight excluding hydrogens is 232 g/mol. The van der Waals surface area contributed by atoms with Gasteiger partial charge in [-0.2, -0.15) is 0 Å². The van der Waals surface area contributed by atoms with Gasteiger partial charge in [-0.3, -0.25) is 10.1 Å². The predicted octanol–water partition coefficient (Wildman–Crippen LogP) is 2.28. The molecule has 2 rings (SSSR count). The van der Waals surface area contributed by atoms with Crippen LogP contribution in [0, 0.1) is 17.0 Å². The Bertz CT molecular complexity index is 537. The summed E-state index contributed by atoms with van der Waals surface area (Å²) in [6, 6.07) is 5.26. The number of H-pyrrole nitrogens is 1. The fourth-order valence-corrected chi connectivity index (χ4v) is 1.80. The molecule has 0 radical (unpaired) electrons. The third-order valence-electron chi connectivity index (χ3n) is 2.68. The summed E-state index contributed by atoms with van der Waals surface area (Å²) in [4.78, 5) is 17.5. The van der Waals surface area contributed by atoms with Crippen LogP contribution in [-0.4, -0.2) is 21.4 Å². The smallest absolute Gasteiger partial charge is 0.295 e. The molecule has 18 heavy (non-hydrogen) atoms. The minimum absolute atomic E-state index is 0.141. The quantitative estimate of drug-likeness (QED) is 0.626. The van der Waals surface area contributed by atoms with Crippen LogP contribution in [0.15, 0.2) is 30.7 Å². The summed E-state index contributed by atoms with van der Waals surface area (Å²) in [7, 11) is 0. The number of nitrogens with one attached hydrogen (secondary N) is 2. The zero-order valence-electron chi connectivity index (χ0n) is 10.0. The van der Waals surface area contributed by atoms with Gasteiger partial charge in [0.05, 0.1) is 11.3 Å². The number of benzene rings is 1. The van der Waals surface area contributed by atoms with Crippen molar-refractivity contribution in [3.8, 4) is 0 Å². The maximum absolute atomic E-state index is 11.0. The largest absolute Gasteiger partial charge is 0.379 e. The Kier molecular flexibility index (Phi) is 3.57. The van der Waals surface area contributed by atoms with E-state index in [-0.39, 0.29) is 10.6 Å². The molecule has 94 valence electrons. The standard InChI is InChI=1S/C12H14N4O2/c1-9-3-2-4-11(12(9)16(17)18)14-6-5-10-7-13-8-15-10/h2-4,7-8,14H,5-6H2,1H3,(H,13,15). The van der Waals surface area contributed by atoms with Crippen LogP contribution >= 0.6 is 0 Å². The molecule has 2 aromatic rings. The molecule has 0 saturated carbocycles. The molecule has 0 aliphatic heterocycles. The lowest BCUT2D eigenvalue weighted by Gasteiger charge is -2.07. The van der Waals surface area contributed by atoms with E-state index in [2.05, 4.69) is 15.3 Å². The van der Waals surface area contributed by atoms with Crippen molar-refractivity contribution in [2.24, 2.45) is 0 Å². The third kappa shape index (κ3) is 2.65. The normalized spacial score (nSPS) is 10.3. The number of nitro groups is 1. The van der Waals surface area contributed by atoms with E-state index in [0.29, 0.717) is 17.8 Å². The Morgan fingerprint density at radius 3 is 3.00 bits per heavy atom. The zero-order chi connectivity index (χ0) is 13.0. The summed E-state index contributed by atoms with van der Waals surface area (Å²) in [5, 5.41) is 14.1. The summed E-state index contributed by atoms with van der Waals surface area (Å²) < 4.78 is 0. The number of para-hydroxylation sites is 1. The lowest BCUT2D eigenvalue weighted by atomic mass is 10.1.